The zero-order chi connectivity index (χ0) is 18.2. The largest absolute Gasteiger partial charge is 0.496 e. The molecule has 0 radical (unpaired) electrons. The molecule has 0 saturated heterocycles. The number of aliphatic hydroxyl groups is 1. The Kier molecular flexibility index (Phi) is 4.91. The summed E-state index contributed by atoms with van der Waals surface area (Å²) in [5, 5.41) is 19.3. The fourth-order valence-corrected chi connectivity index (χ4v) is 3.38. The van der Waals surface area contributed by atoms with Crippen LogP contribution in [0.3, 0.4) is 0 Å². The molecular formula is C19H26N2O3. The van der Waals surface area contributed by atoms with E-state index in [2.05, 4.69) is 6.07 Å². The van der Waals surface area contributed by atoms with Gasteiger partial charge in [-0.3, -0.25) is 4.79 Å². The van der Waals surface area contributed by atoms with E-state index in [-0.39, 0.29) is 18.4 Å². The van der Waals surface area contributed by atoms with Gasteiger partial charge in [0.25, 0.3) is 5.91 Å². The number of hydrogen-bond donors (Lipinski definition) is 1. The van der Waals surface area contributed by atoms with Gasteiger partial charge < -0.3 is 14.7 Å². The van der Waals surface area contributed by atoms with Crippen LogP contribution in [0.4, 0.5) is 0 Å². The van der Waals surface area contributed by atoms with E-state index in [9.17, 15) is 15.2 Å². The number of carbonyl (C=O) groups excluding carboxylic acids is 1. The van der Waals surface area contributed by atoms with Crippen LogP contribution in [-0.2, 0) is 0 Å². The van der Waals surface area contributed by atoms with E-state index in [4.69, 9.17) is 4.74 Å². The second kappa shape index (κ2) is 6.45. The number of amides is 1. The van der Waals surface area contributed by atoms with Crippen molar-refractivity contribution in [2.75, 3.05) is 20.3 Å². The number of nitrogens with zero attached hydrogens (tertiary/aromatic N) is 2. The zero-order valence-corrected chi connectivity index (χ0v) is 15.3. The summed E-state index contributed by atoms with van der Waals surface area (Å²) in [4.78, 5) is 14.6. The standard InChI is InChI=1S/C19H26N2O3/c1-11(2)15-14(24-6)7-12(3)16-17(15)13(8-20)21(18(16)23)9-19(4,5)10-22/h7,11,13,22H,9-10H2,1-6H3. The van der Waals surface area contributed by atoms with Crippen LogP contribution in [0.25, 0.3) is 0 Å². The van der Waals surface area contributed by atoms with Crippen LogP contribution >= 0.6 is 0 Å². The first-order chi connectivity index (χ1) is 11.2. The Morgan fingerprint density at radius 3 is 2.54 bits per heavy atom. The van der Waals surface area contributed by atoms with Crippen molar-refractivity contribution < 1.29 is 14.6 Å². The maximum absolute atomic E-state index is 13.0. The van der Waals surface area contributed by atoms with Crippen LogP contribution < -0.4 is 4.74 Å². The Bertz CT molecular complexity index is 702. The summed E-state index contributed by atoms with van der Waals surface area (Å²) >= 11 is 0. The lowest BCUT2D eigenvalue weighted by molar-refractivity contribution is 0.0590. The number of nitriles is 1. The van der Waals surface area contributed by atoms with Crippen molar-refractivity contribution in [1.82, 2.24) is 4.90 Å². The van der Waals surface area contributed by atoms with Gasteiger partial charge in [-0.25, -0.2) is 0 Å². The van der Waals surface area contributed by atoms with Crippen molar-refractivity contribution in [1.29, 1.82) is 5.26 Å². The third-order valence-electron chi connectivity index (χ3n) is 4.57. The first kappa shape index (κ1) is 18.3. The first-order valence-corrected chi connectivity index (χ1v) is 8.21. The number of fused-ring (bicyclic) bond motifs is 1. The number of rotatable bonds is 5. The number of aryl methyl sites for hydroxylation is 1. The Morgan fingerprint density at radius 2 is 2.08 bits per heavy atom. The van der Waals surface area contributed by atoms with Gasteiger partial charge in [0.1, 0.15) is 11.8 Å². The van der Waals surface area contributed by atoms with Gasteiger partial charge in [-0.1, -0.05) is 27.7 Å². The van der Waals surface area contributed by atoms with Gasteiger partial charge in [0, 0.05) is 35.3 Å². The second-order valence-electron chi connectivity index (χ2n) is 7.54. The predicted octanol–water partition coefficient (Wildman–Crippen LogP) is 3.17. The van der Waals surface area contributed by atoms with Crippen LogP contribution in [0.2, 0.25) is 0 Å². The Labute approximate surface area is 143 Å². The van der Waals surface area contributed by atoms with Gasteiger partial charge in [0.2, 0.25) is 0 Å². The van der Waals surface area contributed by atoms with Crippen LogP contribution in [-0.4, -0.2) is 36.2 Å². The van der Waals surface area contributed by atoms with Crippen LogP contribution in [0.15, 0.2) is 6.07 Å². The molecule has 5 nitrogen and oxygen atoms in total. The summed E-state index contributed by atoms with van der Waals surface area (Å²) in [7, 11) is 1.61. The smallest absolute Gasteiger partial charge is 0.255 e. The predicted molar refractivity (Wildman–Crippen MR) is 92.1 cm³/mol. The van der Waals surface area contributed by atoms with Gasteiger partial charge in [0.15, 0.2) is 0 Å². The average molecular weight is 330 g/mol. The minimum Gasteiger partial charge on any atom is -0.496 e. The minimum atomic E-state index is -0.649. The van der Waals surface area contributed by atoms with Gasteiger partial charge in [-0.2, -0.15) is 5.26 Å². The molecule has 0 saturated carbocycles. The molecule has 1 aromatic carbocycles. The number of carbonyl (C=O) groups is 1. The molecule has 1 N–H and O–H groups in total. The molecule has 24 heavy (non-hydrogen) atoms. The number of methoxy groups -OCH3 is 1. The van der Waals surface area contributed by atoms with E-state index in [0.717, 1.165) is 22.4 Å². The van der Waals surface area contributed by atoms with Crippen LogP contribution in [0.5, 0.6) is 5.75 Å². The van der Waals surface area contributed by atoms with Crippen molar-refractivity contribution in [3.05, 3.63) is 28.3 Å². The molecule has 0 spiro atoms. The van der Waals surface area contributed by atoms with E-state index in [1.807, 2.05) is 40.7 Å². The lowest BCUT2D eigenvalue weighted by Crippen LogP contribution is -2.38. The molecule has 1 aromatic rings. The summed E-state index contributed by atoms with van der Waals surface area (Å²) in [6.45, 7) is 9.99. The molecule has 0 aromatic heterocycles. The van der Waals surface area contributed by atoms with Crippen molar-refractivity contribution in [2.45, 2.75) is 46.6 Å². The molecule has 1 unspecified atom stereocenters. The summed E-state index contributed by atoms with van der Waals surface area (Å²) in [5.41, 5.74) is 2.65. The Balaban J connectivity index is 2.68. The molecule has 0 fully saturated rings. The molecule has 1 aliphatic heterocycles. The molecule has 1 atom stereocenters. The summed E-state index contributed by atoms with van der Waals surface area (Å²) < 4.78 is 5.52. The van der Waals surface area contributed by atoms with Crippen molar-refractivity contribution in [2.24, 2.45) is 5.41 Å². The summed E-state index contributed by atoms with van der Waals surface area (Å²) in [6, 6.07) is 3.52. The topological polar surface area (TPSA) is 73.6 Å². The first-order valence-electron chi connectivity index (χ1n) is 8.21. The van der Waals surface area contributed by atoms with Gasteiger partial charge >= 0.3 is 0 Å². The van der Waals surface area contributed by atoms with Crippen LogP contribution in [0.1, 0.15) is 66.7 Å². The van der Waals surface area contributed by atoms with Crippen molar-refractivity contribution >= 4 is 5.91 Å². The molecule has 2 rings (SSSR count). The molecule has 1 aliphatic rings. The number of benzene rings is 1. The van der Waals surface area contributed by atoms with E-state index < -0.39 is 11.5 Å². The van der Waals surface area contributed by atoms with Crippen LogP contribution in [0, 0.1) is 23.7 Å². The monoisotopic (exact) mass is 330 g/mol. The Hall–Kier alpha value is -2.06. The van der Waals surface area contributed by atoms with Gasteiger partial charge in [-0.05, 0) is 24.5 Å². The van der Waals surface area contributed by atoms with Crippen molar-refractivity contribution in [3.63, 3.8) is 0 Å². The van der Waals surface area contributed by atoms with E-state index in [1.54, 1.807) is 12.0 Å². The molecule has 5 heteroatoms. The number of hydrogen-bond acceptors (Lipinski definition) is 4. The maximum Gasteiger partial charge on any atom is 0.255 e. The maximum atomic E-state index is 13.0. The minimum absolute atomic E-state index is 0.0510. The lowest BCUT2D eigenvalue weighted by Gasteiger charge is -2.30. The molecule has 0 bridgehead atoms. The fourth-order valence-electron chi connectivity index (χ4n) is 3.38. The zero-order valence-electron chi connectivity index (χ0n) is 15.3. The lowest BCUT2D eigenvalue weighted by atomic mass is 9.88. The van der Waals surface area contributed by atoms with Crippen molar-refractivity contribution in [3.8, 4) is 11.8 Å². The van der Waals surface area contributed by atoms with E-state index in [1.165, 1.54) is 0 Å². The highest BCUT2D eigenvalue weighted by atomic mass is 16.5. The summed E-state index contributed by atoms with van der Waals surface area (Å²) in [5.74, 6) is 0.710. The third-order valence-corrected chi connectivity index (χ3v) is 4.57. The van der Waals surface area contributed by atoms with Gasteiger partial charge in [0.05, 0.1) is 13.2 Å². The quantitative estimate of drug-likeness (QED) is 0.900. The molecular weight excluding hydrogens is 304 g/mol. The SMILES string of the molecule is COc1cc(C)c2c(c1C(C)C)C(C#N)N(CC(C)(C)CO)C2=O. The Morgan fingerprint density at radius 1 is 1.46 bits per heavy atom. The highest BCUT2D eigenvalue weighted by molar-refractivity contribution is 6.02. The molecule has 1 heterocycles. The number of ether oxygens (including phenoxy) is 1. The van der Waals surface area contributed by atoms with Gasteiger partial charge in [-0.15, -0.1) is 0 Å². The third kappa shape index (κ3) is 2.87. The summed E-state index contributed by atoms with van der Waals surface area (Å²) in [6.07, 6.45) is 0. The average Bonchev–Trinajstić information content (AvgIpc) is 2.79. The molecule has 0 aliphatic carbocycles. The highest BCUT2D eigenvalue weighted by Crippen LogP contribution is 2.45. The molecule has 130 valence electrons. The van der Waals surface area contributed by atoms with E-state index >= 15 is 0 Å². The van der Waals surface area contributed by atoms with E-state index in [0.29, 0.717) is 12.1 Å². The fraction of sp³-hybridized carbons (Fsp3) is 0.579. The number of aliphatic hydroxyl groups excluding tert-OH is 1. The second-order valence-corrected chi connectivity index (χ2v) is 7.54. The highest BCUT2D eigenvalue weighted by Gasteiger charge is 2.43. The molecule has 1 amide bonds. The normalized spacial score (nSPS) is 17.2.